The summed E-state index contributed by atoms with van der Waals surface area (Å²) >= 11 is 0. The van der Waals surface area contributed by atoms with Gasteiger partial charge in [-0.15, -0.1) is 6.58 Å². The lowest BCUT2D eigenvalue weighted by Gasteiger charge is -2.13. The Bertz CT molecular complexity index is 1100. The SMILES string of the molecule is C=CCc1ccc(OCCCn2c(CCCCCNC(=O)C(C)C)nc3ccccc32)c(OC)c1. The molecule has 0 saturated heterocycles. The third-order valence-corrected chi connectivity index (χ3v) is 6.03. The number of amides is 1. The maximum Gasteiger partial charge on any atom is 0.222 e. The summed E-state index contributed by atoms with van der Waals surface area (Å²) in [6, 6.07) is 14.3. The summed E-state index contributed by atoms with van der Waals surface area (Å²) in [4.78, 5) is 16.6. The van der Waals surface area contributed by atoms with Crippen molar-refractivity contribution in [2.45, 2.75) is 58.9 Å². The summed E-state index contributed by atoms with van der Waals surface area (Å²) in [6.45, 7) is 9.81. The van der Waals surface area contributed by atoms with Crippen LogP contribution in [0.4, 0.5) is 0 Å². The van der Waals surface area contributed by atoms with Crippen LogP contribution in [0, 0.1) is 5.92 Å². The molecule has 35 heavy (non-hydrogen) atoms. The van der Waals surface area contributed by atoms with E-state index in [1.54, 1.807) is 7.11 Å². The monoisotopic (exact) mass is 477 g/mol. The van der Waals surface area contributed by atoms with Gasteiger partial charge >= 0.3 is 0 Å². The molecule has 6 heteroatoms. The summed E-state index contributed by atoms with van der Waals surface area (Å²) in [5.74, 6) is 2.79. The predicted octanol–water partition coefficient (Wildman–Crippen LogP) is 5.73. The standard InChI is InChI=1S/C29H39N3O3/c1-5-12-23-16-17-26(27(21-23)34-4)35-20-11-19-32-25-14-9-8-13-24(25)31-28(32)15-7-6-10-18-30-29(33)22(2)3/h5,8-9,13-14,16-17,21-22H,1,6-7,10-12,15,18-20H2,2-4H3,(H,30,33). The van der Waals surface area contributed by atoms with Crippen molar-refractivity contribution in [3.63, 3.8) is 0 Å². The van der Waals surface area contributed by atoms with Gasteiger partial charge in [-0.1, -0.05) is 44.5 Å². The number of hydrogen-bond acceptors (Lipinski definition) is 4. The summed E-state index contributed by atoms with van der Waals surface area (Å²) < 4.78 is 13.9. The molecule has 6 nitrogen and oxygen atoms in total. The van der Waals surface area contributed by atoms with Crippen LogP contribution in [0.1, 0.15) is 50.9 Å². The van der Waals surface area contributed by atoms with E-state index in [0.717, 1.165) is 85.5 Å². The van der Waals surface area contributed by atoms with E-state index < -0.39 is 0 Å². The van der Waals surface area contributed by atoms with Gasteiger partial charge in [-0.3, -0.25) is 4.79 Å². The first-order chi connectivity index (χ1) is 17.0. The maximum atomic E-state index is 11.7. The molecule has 3 rings (SSSR count). The summed E-state index contributed by atoms with van der Waals surface area (Å²) in [5, 5.41) is 2.99. The molecular formula is C29H39N3O3. The van der Waals surface area contributed by atoms with Gasteiger partial charge in [0.25, 0.3) is 0 Å². The number of carbonyl (C=O) groups excluding carboxylic acids is 1. The van der Waals surface area contributed by atoms with Crippen LogP contribution < -0.4 is 14.8 Å². The third kappa shape index (κ3) is 7.61. The molecule has 1 N–H and O–H groups in total. The second-order valence-electron chi connectivity index (χ2n) is 9.10. The lowest BCUT2D eigenvalue weighted by Crippen LogP contribution is -2.28. The molecule has 0 atom stereocenters. The number of nitrogens with one attached hydrogen (secondary N) is 1. The number of rotatable bonds is 15. The molecule has 0 spiro atoms. The van der Waals surface area contributed by atoms with E-state index in [-0.39, 0.29) is 11.8 Å². The van der Waals surface area contributed by atoms with Gasteiger partial charge in [0.05, 0.1) is 24.8 Å². The molecule has 0 saturated carbocycles. The summed E-state index contributed by atoms with van der Waals surface area (Å²) in [7, 11) is 1.67. The zero-order valence-corrected chi connectivity index (χ0v) is 21.4. The highest BCUT2D eigenvalue weighted by atomic mass is 16.5. The normalized spacial score (nSPS) is 11.1. The number of fused-ring (bicyclic) bond motifs is 1. The van der Waals surface area contributed by atoms with Gasteiger partial charge in [-0.25, -0.2) is 4.98 Å². The lowest BCUT2D eigenvalue weighted by molar-refractivity contribution is -0.123. The van der Waals surface area contributed by atoms with Crippen LogP contribution >= 0.6 is 0 Å². The van der Waals surface area contributed by atoms with E-state index >= 15 is 0 Å². The number of unbranched alkanes of at least 4 members (excludes halogenated alkanes) is 2. The molecule has 0 aliphatic carbocycles. The Balaban J connectivity index is 1.53. The fourth-order valence-corrected chi connectivity index (χ4v) is 4.10. The number of aromatic nitrogens is 2. The molecule has 0 aliphatic rings. The van der Waals surface area contributed by atoms with E-state index in [4.69, 9.17) is 14.5 Å². The van der Waals surface area contributed by atoms with E-state index in [1.165, 1.54) is 0 Å². The molecule has 0 bridgehead atoms. The van der Waals surface area contributed by atoms with Gasteiger partial charge < -0.3 is 19.4 Å². The molecule has 1 aromatic heterocycles. The number of aryl methyl sites for hydroxylation is 2. The number of methoxy groups -OCH3 is 1. The van der Waals surface area contributed by atoms with Crippen molar-refractivity contribution < 1.29 is 14.3 Å². The number of nitrogens with zero attached hydrogens (tertiary/aromatic N) is 2. The molecule has 1 amide bonds. The van der Waals surface area contributed by atoms with Crippen LogP contribution in [0.15, 0.2) is 55.1 Å². The highest BCUT2D eigenvalue weighted by Gasteiger charge is 2.11. The van der Waals surface area contributed by atoms with Crippen molar-refractivity contribution >= 4 is 16.9 Å². The first-order valence-electron chi connectivity index (χ1n) is 12.7. The Morgan fingerprint density at radius 1 is 1.11 bits per heavy atom. The number of para-hydroxylation sites is 2. The van der Waals surface area contributed by atoms with Crippen molar-refractivity contribution in [1.82, 2.24) is 14.9 Å². The summed E-state index contributed by atoms with van der Waals surface area (Å²) in [6.07, 6.45) is 7.57. The average molecular weight is 478 g/mol. The van der Waals surface area contributed by atoms with Crippen molar-refractivity contribution in [1.29, 1.82) is 0 Å². The van der Waals surface area contributed by atoms with Gasteiger partial charge in [-0.05, 0) is 55.5 Å². The highest BCUT2D eigenvalue weighted by molar-refractivity contribution is 5.77. The van der Waals surface area contributed by atoms with Crippen LogP contribution in [0.3, 0.4) is 0 Å². The third-order valence-electron chi connectivity index (χ3n) is 6.03. The number of allylic oxidation sites excluding steroid dienone is 1. The second-order valence-corrected chi connectivity index (χ2v) is 9.10. The number of benzene rings is 2. The van der Waals surface area contributed by atoms with Crippen molar-refractivity contribution in [2.24, 2.45) is 5.92 Å². The van der Waals surface area contributed by atoms with E-state index in [9.17, 15) is 4.79 Å². The first-order valence-corrected chi connectivity index (χ1v) is 12.7. The van der Waals surface area contributed by atoms with E-state index in [0.29, 0.717) is 6.61 Å². The molecule has 1 heterocycles. The number of ether oxygens (including phenoxy) is 2. The van der Waals surface area contributed by atoms with Gasteiger partial charge in [0.2, 0.25) is 5.91 Å². The van der Waals surface area contributed by atoms with E-state index in [2.05, 4.69) is 40.7 Å². The van der Waals surface area contributed by atoms with Crippen LogP contribution in [-0.2, 0) is 24.2 Å². The van der Waals surface area contributed by atoms with Crippen molar-refractivity contribution in [2.75, 3.05) is 20.3 Å². The number of hydrogen-bond donors (Lipinski definition) is 1. The van der Waals surface area contributed by atoms with Crippen molar-refractivity contribution in [3.8, 4) is 11.5 Å². The lowest BCUT2D eigenvalue weighted by atomic mass is 10.1. The van der Waals surface area contributed by atoms with Gasteiger partial charge in [0, 0.05) is 25.4 Å². The Labute approximate surface area is 209 Å². The second kappa shape index (κ2) is 13.6. The van der Waals surface area contributed by atoms with Crippen LogP contribution in [0.25, 0.3) is 11.0 Å². The minimum Gasteiger partial charge on any atom is -0.493 e. The molecule has 0 aliphatic heterocycles. The van der Waals surface area contributed by atoms with Gasteiger partial charge in [-0.2, -0.15) is 0 Å². The van der Waals surface area contributed by atoms with Crippen LogP contribution in [0.5, 0.6) is 11.5 Å². The number of carbonyl (C=O) groups is 1. The van der Waals surface area contributed by atoms with Crippen LogP contribution in [0.2, 0.25) is 0 Å². The quantitative estimate of drug-likeness (QED) is 0.224. The maximum absolute atomic E-state index is 11.7. The summed E-state index contributed by atoms with van der Waals surface area (Å²) in [5.41, 5.74) is 3.35. The fraction of sp³-hybridized carbons (Fsp3) is 0.448. The molecule has 2 aromatic carbocycles. The highest BCUT2D eigenvalue weighted by Crippen LogP contribution is 2.28. The Morgan fingerprint density at radius 3 is 2.71 bits per heavy atom. The molecule has 0 radical (unpaired) electrons. The predicted molar refractivity (Wildman–Crippen MR) is 142 cm³/mol. The Kier molecular flexibility index (Phi) is 10.2. The number of imidazole rings is 1. The zero-order valence-electron chi connectivity index (χ0n) is 21.4. The molecule has 0 unspecified atom stereocenters. The Hall–Kier alpha value is -3.28. The van der Waals surface area contributed by atoms with Crippen LogP contribution in [-0.4, -0.2) is 35.7 Å². The fourth-order valence-electron chi connectivity index (χ4n) is 4.10. The molecule has 0 fully saturated rings. The van der Waals surface area contributed by atoms with Crippen molar-refractivity contribution in [3.05, 3.63) is 66.5 Å². The van der Waals surface area contributed by atoms with Gasteiger partial charge in [0.1, 0.15) is 5.82 Å². The van der Waals surface area contributed by atoms with E-state index in [1.807, 2.05) is 38.1 Å². The minimum absolute atomic E-state index is 0.0385. The topological polar surface area (TPSA) is 65.4 Å². The zero-order chi connectivity index (χ0) is 25.0. The van der Waals surface area contributed by atoms with Gasteiger partial charge in [0.15, 0.2) is 11.5 Å². The first kappa shape index (κ1) is 26.3. The Morgan fingerprint density at radius 2 is 1.94 bits per heavy atom. The molecule has 188 valence electrons. The smallest absolute Gasteiger partial charge is 0.222 e. The largest absolute Gasteiger partial charge is 0.493 e. The molecule has 3 aromatic rings. The molecular weight excluding hydrogens is 438 g/mol. The average Bonchev–Trinajstić information content (AvgIpc) is 3.21. The minimum atomic E-state index is 0.0385.